The Hall–Kier alpha value is -4.05. The fraction of sp³-hybridized carbons (Fsp3) is 0.375. The quantitative estimate of drug-likeness (QED) is 0.250. The molecule has 0 unspecified atom stereocenters. The van der Waals surface area contributed by atoms with Crippen LogP contribution in [0, 0.1) is 6.92 Å². The first-order valence-corrected chi connectivity index (χ1v) is 15.6. The highest BCUT2D eigenvalue weighted by Crippen LogP contribution is 2.26. The van der Waals surface area contributed by atoms with Crippen molar-refractivity contribution in [1.29, 1.82) is 0 Å². The van der Waals surface area contributed by atoms with Gasteiger partial charge in [-0.1, -0.05) is 43.2 Å². The summed E-state index contributed by atoms with van der Waals surface area (Å²) < 4.78 is 39.8. The van der Waals surface area contributed by atoms with Crippen LogP contribution in [0.5, 0.6) is 11.5 Å². The molecule has 0 aliphatic carbocycles. The van der Waals surface area contributed by atoms with Crippen LogP contribution in [0.1, 0.15) is 44.7 Å². The second-order valence-corrected chi connectivity index (χ2v) is 11.8. The van der Waals surface area contributed by atoms with Crippen molar-refractivity contribution < 1.29 is 27.5 Å². The Kier molecular flexibility index (Phi) is 11.8. The number of nitrogens with zero attached hydrogens (tertiary/aromatic N) is 2. The normalized spacial score (nSPS) is 11.8. The molecule has 1 N–H and O–H groups in total. The molecule has 0 radical (unpaired) electrons. The lowest BCUT2D eigenvalue weighted by Gasteiger charge is -2.32. The summed E-state index contributed by atoms with van der Waals surface area (Å²) in [4.78, 5) is 28.5. The van der Waals surface area contributed by atoms with E-state index in [4.69, 9.17) is 9.47 Å². The highest BCUT2D eigenvalue weighted by Gasteiger charge is 2.32. The zero-order valence-electron chi connectivity index (χ0n) is 25.0. The van der Waals surface area contributed by atoms with E-state index in [1.807, 2.05) is 32.9 Å². The summed E-state index contributed by atoms with van der Waals surface area (Å²) in [5.74, 6) is 0.387. The first kappa shape index (κ1) is 32.5. The van der Waals surface area contributed by atoms with Crippen molar-refractivity contribution in [2.75, 3.05) is 31.1 Å². The number of sulfonamides is 1. The third-order valence-corrected chi connectivity index (χ3v) is 8.62. The predicted molar refractivity (Wildman–Crippen MR) is 164 cm³/mol. The minimum atomic E-state index is -4.16. The third kappa shape index (κ3) is 8.48. The van der Waals surface area contributed by atoms with Crippen molar-refractivity contribution in [3.05, 3.63) is 83.9 Å². The van der Waals surface area contributed by atoms with Gasteiger partial charge in [0.15, 0.2) is 0 Å². The number of unbranched alkanes of at least 4 members (excludes halogenated alkanes) is 1. The van der Waals surface area contributed by atoms with Crippen LogP contribution < -0.4 is 19.1 Å². The molecule has 226 valence electrons. The van der Waals surface area contributed by atoms with E-state index in [0.717, 1.165) is 28.3 Å². The number of hydrogen-bond donors (Lipinski definition) is 1. The van der Waals surface area contributed by atoms with Gasteiger partial charge < -0.3 is 19.7 Å². The lowest BCUT2D eigenvalue weighted by Crippen LogP contribution is -2.51. The summed E-state index contributed by atoms with van der Waals surface area (Å²) in [5, 5.41) is 2.89. The molecule has 0 aliphatic rings. The van der Waals surface area contributed by atoms with Gasteiger partial charge in [-0.2, -0.15) is 0 Å². The second kappa shape index (κ2) is 15.3. The van der Waals surface area contributed by atoms with Gasteiger partial charge in [0.1, 0.15) is 24.1 Å². The average molecular weight is 596 g/mol. The van der Waals surface area contributed by atoms with E-state index in [1.165, 1.54) is 17.0 Å². The van der Waals surface area contributed by atoms with Crippen molar-refractivity contribution in [1.82, 2.24) is 10.2 Å². The van der Waals surface area contributed by atoms with Crippen molar-refractivity contribution in [2.24, 2.45) is 0 Å². The van der Waals surface area contributed by atoms with Gasteiger partial charge in [0.05, 0.1) is 24.3 Å². The standard InChI is InChI=1S/C32H41N3O6S/c1-6-8-21-33-32(37)25(4)34(22-26-11-15-28(40-5)16-12-26)31(36)23-35(27-13-9-24(3)10-14-27)42(38,39)30-19-17-29(18-20-30)41-7-2/h9-20,25H,6-8,21-23H2,1-5H3,(H,33,37)/t25-/m0/s1. The average Bonchev–Trinajstić information content (AvgIpc) is 2.99. The van der Waals surface area contributed by atoms with Gasteiger partial charge in [0, 0.05) is 13.1 Å². The number of carbonyl (C=O) groups excluding carboxylic acids is 2. The van der Waals surface area contributed by atoms with Crippen LogP contribution in [0.25, 0.3) is 0 Å². The number of amides is 2. The molecule has 1 atom stereocenters. The van der Waals surface area contributed by atoms with Crippen LogP contribution in [0.2, 0.25) is 0 Å². The summed E-state index contributed by atoms with van der Waals surface area (Å²) in [5.41, 5.74) is 2.06. The number of ether oxygens (including phenoxy) is 2. The largest absolute Gasteiger partial charge is 0.497 e. The number of anilines is 1. The summed E-state index contributed by atoms with van der Waals surface area (Å²) in [6.45, 7) is 7.97. The van der Waals surface area contributed by atoms with Gasteiger partial charge >= 0.3 is 0 Å². The number of rotatable bonds is 15. The first-order valence-electron chi connectivity index (χ1n) is 14.1. The molecule has 42 heavy (non-hydrogen) atoms. The maximum atomic E-state index is 14.0. The Morgan fingerprint density at radius 2 is 1.52 bits per heavy atom. The van der Waals surface area contributed by atoms with Gasteiger partial charge in [0.25, 0.3) is 10.0 Å². The number of carbonyl (C=O) groups is 2. The Labute approximate surface area is 249 Å². The zero-order valence-corrected chi connectivity index (χ0v) is 25.8. The predicted octanol–water partition coefficient (Wildman–Crippen LogP) is 4.93. The molecule has 3 aromatic rings. The van der Waals surface area contributed by atoms with Crippen LogP contribution >= 0.6 is 0 Å². The molecule has 2 amide bonds. The molecular weight excluding hydrogens is 554 g/mol. The van der Waals surface area contributed by atoms with Gasteiger partial charge in [-0.15, -0.1) is 0 Å². The molecule has 0 aromatic heterocycles. The van der Waals surface area contributed by atoms with E-state index in [0.29, 0.717) is 30.3 Å². The Bertz CT molecular complexity index is 1410. The number of methoxy groups -OCH3 is 1. The molecule has 0 saturated carbocycles. The van der Waals surface area contributed by atoms with Crippen molar-refractivity contribution in [3.8, 4) is 11.5 Å². The van der Waals surface area contributed by atoms with Crippen LogP contribution in [-0.2, 0) is 26.2 Å². The third-order valence-electron chi connectivity index (χ3n) is 6.83. The Morgan fingerprint density at radius 3 is 2.10 bits per heavy atom. The minimum Gasteiger partial charge on any atom is -0.497 e. The first-order chi connectivity index (χ1) is 20.1. The van der Waals surface area contributed by atoms with Crippen LogP contribution in [0.4, 0.5) is 5.69 Å². The molecule has 0 spiro atoms. The van der Waals surface area contributed by atoms with Crippen LogP contribution in [0.15, 0.2) is 77.7 Å². The SMILES string of the molecule is CCCCNC(=O)[C@H](C)N(Cc1ccc(OC)cc1)C(=O)CN(c1ccc(C)cc1)S(=O)(=O)c1ccc(OCC)cc1. The van der Waals surface area contributed by atoms with Gasteiger partial charge in [-0.05, 0) is 81.3 Å². The number of hydrogen-bond acceptors (Lipinski definition) is 6. The van der Waals surface area contributed by atoms with Crippen LogP contribution in [0.3, 0.4) is 0 Å². The van der Waals surface area contributed by atoms with Crippen molar-refractivity contribution >= 4 is 27.5 Å². The summed E-state index contributed by atoms with van der Waals surface area (Å²) in [7, 11) is -2.59. The van der Waals surface area contributed by atoms with Crippen molar-refractivity contribution in [2.45, 2.75) is 58.0 Å². The van der Waals surface area contributed by atoms with E-state index in [1.54, 1.807) is 62.6 Å². The van der Waals surface area contributed by atoms with Gasteiger partial charge in [-0.3, -0.25) is 13.9 Å². The van der Waals surface area contributed by atoms with E-state index in [-0.39, 0.29) is 17.3 Å². The van der Waals surface area contributed by atoms with E-state index < -0.39 is 28.5 Å². The molecule has 9 nitrogen and oxygen atoms in total. The van der Waals surface area contributed by atoms with Gasteiger partial charge in [-0.25, -0.2) is 8.42 Å². The molecule has 3 rings (SSSR count). The molecule has 3 aromatic carbocycles. The minimum absolute atomic E-state index is 0.0198. The molecule has 0 heterocycles. The van der Waals surface area contributed by atoms with E-state index in [9.17, 15) is 18.0 Å². The molecule has 10 heteroatoms. The number of benzene rings is 3. The Morgan fingerprint density at radius 1 is 0.905 bits per heavy atom. The van der Waals surface area contributed by atoms with Crippen molar-refractivity contribution in [3.63, 3.8) is 0 Å². The summed E-state index contributed by atoms with van der Waals surface area (Å²) in [6, 6.07) is 19.4. The highest BCUT2D eigenvalue weighted by molar-refractivity contribution is 7.92. The van der Waals surface area contributed by atoms with E-state index >= 15 is 0 Å². The molecule has 0 aliphatic heterocycles. The summed E-state index contributed by atoms with van der Waals surface area (Å²) >= 11 is 0. The monoisotopic (exact) mass is 595 g/mol. The lowest BCUT2D eigenvalue weighted by molar-refractivity contribution is -0.139. The molecule has 0 saturated heterocycles. The maximum Gasteiger partial charge on any atom is 0.264 e. The smallest absolute Gasteiger partial charge is 0.264 e. The molecule has 0 bridgehead atoms. The number of aryl methyl sites for hydroxylation is 1. The molecular formula is C32H41N3O6S. The highest BCUT2D eigenvalue weighted by atomic mass is 32.2. The second-order valence-electron chi connectivity index (χ2n) is 9.94. The lowest BCUT2D eigenvalue weighted by atomic mass is 10.1. The summed E-state index contributed by atoms with van der Waals surface area (Å²) in [6.07, 6.45) is 1.73. The zero-order chi connectivity index (χ0) is 30.7. The topological polar surface area (TPSA) is 105 Å². The fourth-order valence-corrected chi connectivity index (χ4v) is 5.70. The number of nitrogens with one attached hydrogen (secondary N) is 1. The maximum absolute atomic E-state index is 14.0. The molecule has 0 fully saturated rings. The van der Waals surface area contributed by atoms with Gasteiger partial charge in [0.2, 0.25) is 11.8 Å². The van der Waals surface area contributed by atoms with E-state index in [2.05, 4.69) is 5.32 Å². The van der Waals surface area contributed by atoms with Crippen LogP contribution in [-0.4, -0.2) is 58.0 Å². The Balaban J connectivity index is 1.98. The fourth-order valence-electron chi connectivity index (χ4n) is 4.29.